The van der Waals surface area contributed by atoms with Crippen LogP contribution in [0.1, 0.15) is 47.6 Å². The molecule has 1 N–H and O–H groups in total. The third-order valence-electron chi connectivity index (χ3n) is 6.68. The zero-order valence-electron chi connectivity index (χ0n) is 20.0. The van der Waals surface area contributed by atoms with E-state index in [0.29, 0.717) is 46.8 Å². The van der Waals surface area contributed by atoms with Crippen molar-refractivity contribution in [2.24, 2.45) is 0 Å². The van der Waals surface area contributed by atoms with E-state index >= 15 is 8.78 Å². The van der Waals surface area contributed by atoms with Crippen LogP contribution in [0, 0.1) is 0 Å². The van der Waals surface area contributed by atoms with Crippen LogP contribution >= 0.6 is 0 Å². The fourth-order valence-electron chi connectivity index (χ4n) is 4.84. The van der Waals surface area contributed by atoms with Crippen LogP contribution < -0.4 is 4.90 Å². The molecule has 0 aliphatic carbocycles. The Labute approximate surface area is 204 Å². The lowest BCUT2D eigenvalue weighted by molar-refractivity contribution is -0.134. The Hall–Kier alpha value is -3.67. The van der Waals surface area contributed by atoms with Crippen molar-refractivity contribution in [2.45, 2.75) is 38.2 Å². The van der Waals surface area contributed by atoms with E-state index in [9.17, 15) is 9.90 Å². The highest BCUT2D eigenvalue weighted by Crippen LogP contribution is 2.48. The Balaban J connectivity index is 1.88. The molecule has 1 unspecified atom stereocenters. The second kappa shape index (κ2) is 9.90. The van der Waals surface area contributed by atoms with Gasteiger partial charge in [-0.1, -0.05) is 56.3 Å². The molecule has 0 radical (unpaired) electrons. The molecule has 1 aliphatic rings. The van der Waals surface area contributed by atoms with E-state index in [1.165, 1.54) is 19.3 Å². The van der Waals surface area contributed by atoms with Crippen LogP contribution in [0.5, 0.6) is 5.75 Å². The number of anilines is 1. The van der Waals surface area contributed by atoms with Crippen LogP contribution in [0.3, 0.4) is 0 Å². The van der Waals surface area contributed by atoms with Gasteiger partial charge in [-0.15, -0.1) is 0 Å². The fraction of sp³-hybridized carbons (Fsp3) is 0.276. The van der Waals surface area contributed by atoms with Gasteiger partial charge in [-0.05, 0) is 70.5 Å². The summed E-state index contributed by atoms with van der Waals surface area (Å²) in [6, 6.07) is 19.2. The van der Waals surface area contributed by atoms with Crippen molar-refractivity contribution in [1.29, 1.82) is 0 Å². The molecule has 0 spiro atoms. The molecule has 0 amide bonds. The van der Waals surface area contributed by atoms with E-state index < -0.39 is 17.9 Å². The first-order valence-corrected chi connectivity index (χ1v) is 11.6. The molecule has 4 nitrogen and oxygen atoms in total. The first-order chi connectivity index (χ1) is 16.8. The predicted molar refractivity (Wildman–Crippen MR) is 134 cm³/mol. The van der Waals surface area contributed by atoms with Gasteiger partial charge < -0.3 is 14.7 Å². The van der Waals surface area contributed by atoms with Crippen LogP contribution in [0.4, 0.5) is 14.5 Å². The summed E-state index contributed by atoms with van der Waals surface area (Å²) < 4.78 is 35.4. The number of nitrogens with zero attached hydrogens (tertiary/aromatic N) is 1. The quantitative estimate of drug-likeness (QED) is 0.336. The summed E-state index contributed by atoms with van der Waals surface area (Å²) in [6.07, 6.45) is 0.649. The van der Waals surface area contributed by atoms with E-state index in [0.717, 1.165) is 5.56 Å². The number of phenols is 1. The van der Waals surface area contributed by atoms with E-state index in [-0.39, 0.29) is 5.75 Å². The van der Waals surface area contributed by atoms with Crippen molar-refractivity contribution in [2.75, 3.05) is 18.6 Å². The maximum absolute atomic E-state index is 15.4. The van der Waals surface area contributed by atoms with Gasteiger partial charge in [-0.2, -0.15) is 0 Å². The minimum absolute atomic E-state index is 0.0601. The number of hydrogen-bond donors (Lipinski definition) is 1. The number of rotatable bonds is 6. The lowest BCUT2D eigenvalue weighted by Crippen LogP contribution is -2.56. The number of methoxy groups -OCH3 is 1. The molecule has 182 valence electrons. The molecule has 0 fully saturated rings. The van der Waals surface area contributed by atoms with Crippen molar-refractivity contribution in [3.63, 3.8) is 0 Å². The number of benzene rings is 3. The molecule has 3 aromatic rings. The Morgan fingerprint density at radius 2 is 1.74 bits per heavy atom. The fourth-order valence-corrected chi connectivity index (χ4v) is 4.84. The number of alkyl halides is 2. The Morgan fingerprint density at radius 1 is 1.06 bits per heavy atom. The van der Waals surface area contributed by atoms with Crippen LogP contribution in [-0.4, -0.2) is 31.2 Å². The van der Waals surface area contributed by atoms with Gasteiger partial charge in [0.2, 0.25) is 0 Å². The summed E-state index contributed by atoms with van der Waals surface area (Å²) >= 11 is 0. The topological polar surface area (TPSA) is 49.8 Å². The minimum atomic E-state index is -2.76. The molecule has 0 saturated heterocycles. The molecule has 1 aliphatic heterocycles. The zero-order chi connectivity index (χ0) is 25.2. The van der Waals surface area contributed by atoms with Crippen LogP contribution in [0.2, 0.25) is 0 Å². The maximum Gasteiger partial charge on any atom is 0.330 e. The van der Waals surface area contributed by atoms with E-state index in [4.69, 9.17) is 0 Å². The standard InChI is InChI=1S/C29H29F2NO3/c1-19(2)21-7-11-24(12-8-21)32-17-16-22-18-25(33)13-14-26(22)29(32,28(30)31)23-9-4-20(5-10-23)6-15-27(34)35-3/h4-15,18-19,28,33H,16-17H2,1-3H3/b15-6+. The van der Waals surface area contributed by atoms with Crippen molar-refractivity contribution in [1.82, 2.24) is 0 Å². The number of hydrogen-bond acceptors (Lipinski definition) is 4. The third-order valence-corrected chi connectivity index (χ3v) is 6.68. The lowest BCUT2D eigenvalue weighted by Gasteiger charge is -2.49. The molecular formula is C29H29F2NO3. The molecule has 1 atom stereocenters. The van der Waals surface area contributed by atoms with Gasteiger partial charge in [0.25, 0.3) is 6.43 Å². The number of aromatic hydroxyl groups is 1. The monoisotopic (exact) mass is 477 g/mol. The largest absolute Gasteiger partial charge is 0.508 e. The molecular weight excluding hydrogens is 448 g/mol. The zero-order valence-corrected chi connectivity index (χ0v) is 20.0. The second-order valence-electron chi connectivity index (χ2n) is 9.03. The Kier molecular flexibility index (Phi) is 6.92. The average Bonchev–Trinajstić information content (AvgIpc) is 2.86. The molecule has 4 rings (SSSR count). The number of carbonyl (C=O) groups excluding carboxylic acids is 1. The molecule has 6 heteroatoms. The van der Waals surface area contributed by atoms with E-state index in [1.54, 1.807) is 47.4 Å². The molecule has 0 saturated carbocycles. The van der Waals surface area contributed by atoms with Gasteiger partial charge >= 0.3 is 5.97 Å². The van der Waals surface area contributed by atoms with Gasteiger partial charge in [0.15, 0.2) is 5.54 Å². The van der Waals surface area contributed by atoms with Crippen LogP contribution in [0.25, 0.3) is 6.08 Å². The summed E-state index contributed by atoms with van der Waals surface area (Å²) in [5.74, 6) is -0.0975. The number of halogens is 2. The summed E-state index contributed by atoms with van der Waals surface area (Å²) in [6.45, 7) is 4.56. The number of phenolic OH excluding ortho intramolecular Hbond substituents is 1. The number of carbonyl (C=O) groups is 1. The molecule has 0 bridgehead atoms. The number of fused-ring (bicyclic) bond motifs is 1. The number of ether oxygens (including phenoxy) is 1. The predicted octanol–water partition coefficient (Wildman–Crippen LogP) is 6.27. The van der Waals surface area contributed by atoms with Crippen LogP contribution in [0.15, 0.2) is 72.8 Å². The molecule has 35 heavy (non-hydrogen) atoms. The summed E-state index contributed by atoms with van der Waals surface area (Å²) in [5.41, 5.74) is 2.41. The molecule has 3 aromatic carbocycles. The van der Waals surface area contributed by atoms with Crippen molar-refractivity contribution < 1.29 is 23.4 Å². The highest BCUT2D eigenvalue weighted by atomic mass is 19.3. The van der Waals surface area contributed by atoms with Gasteiger partial charge in [-0.3, -0.25) is 0 Å². The summed E-state index contributed by atoms with van der Waals surface area (Å²) in [7, 11) is 1.29. The first kappa shape index (κ1) is 24.5. The molecule has 0 aromatic heterocycles. The first-order valence-electron chi connectivity index (χ1n) is 11.6. The lowest BCUT2D eigenvalue weighted by atomic mass is 9.75. The number of esters is 1. The van der Waals surface area contributed by atoms with Gasteiger partial charge in [0, 0.05) is 18.3 Å². The average molecular weight is 478 g/mol. The minimum Gasteiger partial charge on any atom is -0.508 e. The van der Waals surface area contributed by atoms with E-state index in [2.05, 4.69) is 18.6 Å². The van der Waals surface area contributed by atoms with Crippen molar-refractivity contribution in [3.05, 3.63) is 101 Å². The SMILES string of the molecule is COC(=O)/C=C/c1ccc(C2(C(F)F)c3ccc(O)cc3CCN2c2ccc(C(C)C)cc2)cc1. The summed E-state index contributed by atoms with van der Waals surface area (Å²) in [4.78, 5) is 13.2. The highest BCUT2D eigenvalue weighted by molar-refractivity contribution is 5.86. The van der Waals surface area contributed by atoms with Gasteiger partial charge in [-0.25, -0.2) is 13.6 Å². The van der Waals surface area contributed by atoms with Crippen LogP contribution in [-0.2, 0) is 21.5 Å². The van der Waals surface area contributed by atoms with Crippen molar-refractivity contribution in [3.8, 4) is 5.75 Å². The highest BCUT2D eigenvalue weighted by Gasteiger charge is 2.51. The Bertz CT molecular complexity index is 1220. The third kappa shape index (κ3) is 4.53. The normalized spacial score (nSPS) is 17.7. The Morgan fingerprint density at radius 3 is 2.34 bits per heavy atom. The second-order valence-corrected chi connectivity index (χ2v) is 9.03. The summed E-state index contributed by atoms with van der Waals surface area (Å²) in [5, 5.41) is 10.0. The van der Waals surface area contributed by atoms with Crippen molar-refractivity contribution >= 4 is 17.7 Å². The molecule has 1 heterocycles. The smallest absolute Gasteiger partial charge is 0.330 e. The van der Waals surface area contributed by atoms with E-state index in [1.807, 2.05) is 24.3 Å². The van der Waals surface area contributed by atoms with Gasteiger partial charge in [0.1, 0.15) is 5.75 Å². The van der Waals surface area contributed by atoms with Gasteiger partial charge in [0.05, 0.1) is 7.11 Å². The maximum atomic E-state index is 15.4.